The first-order valence-corrected chi connectivity index (χ1v) is 20.8. The summed E-state index contributed by atoms with van der Waals surface area (Å²) in [5, 5.41) is 0. The van der Waals surface area contributed by atoms with Gasteiger partial charge in [0.05, 0.1) is 26.4 Å². The number of piperazine rings is 3. The van der Waals surface area contributed by atoms with Gasteiger partial charge in [0.25, 0.3) is 0 Å². The molecule has 306 valence electrons. The molecule has 14 nitrogen and oxygen atoms in total. The molecule has 3 saturated heterocycles. The fourth-order valence-electron chi connectivity index (χ4n) is 7.31. The smallest absolute Gasteiger partial charge is 0.329 e. The molecule has 0 aromatic rings. The fraction of sp³-hybridized carbons (Fsp3) is 0.947. The first-order chi connectivity index (χ1) is 25.4. The molecule has 3 aliphatic rings. The summed E-state index contributed by atoms with van der Waals surface area (Å²) in [7, 11) is 0. The molecular weight excluding hydrogens is 660 g/mol. The monoisotopic (exact) mass is 741 g/mol. The van der Waals surface area contributed by atoms with E-state index in [1.807, 2.05) is 6.08 Å². The zero-order valence-corrected chi connectivity index (χ0v) is 33.5. The van der Waals surface area contributed by atoms with Crippen molar-refractivity contribution in [3.8, 4) is 0 Å². The SMILES string of the molecule is C=CCCC(C)CCN(CCC)CCOC(OCCN1CCN(CCN)CC1)(OCCN1CCN(CCN)CC1)OCCN1CCN(CCN)CC1. The van der Waals surface area contributed by atoms with Gasteiger partial charge in [-0.05, 0) is 44.7 Å². The van der Waals surface area contributed by atoms with Gasteiger partial charge in [-0.25, -0.2) is 0 Å². The minimum atomic E-state index is -1.56. The van der Waals surface area contributed by atoms with E-state index in [9.17, 15) is 0 Å². The van der Waals surface area contributed by atoms with Gasteiger partial charge >= 0.3 is 6.16 Å². The first-order valence-electron chi connectivity index (χ1n) is 20.8. The van der Waals surface area contributed by atoms with Crippen LogP contribution in [0.1, 0.15) is 39.5 Å². The molecule has 6 N–H and O–H groups in total. The van der Waals surface area contributed by atoms with Crippen LogP contribution in [0.15, 0.2) is 12.7 Å². The van der Waals surface area contributed by atoms with E-state index in [0.717, 1.165) is 157 Å². The van der Waals surface area contributed by atoms with Crippen molar-refractivity contribution in [3.63, 3.8) is 0 Å². The second kappa shape index (κ2) is 27.7. The Morgan fingerprint density at radius 3 is 1.27 bits per heavy atom. The summed E-state index contributed by atoms with van der Waals surface area (Å²) >= 11 is 0. The van der Waals surface area contributed by atoms with E-state index < -0.39 is 6.16 Å². The predicted octanol–water partition coefficient (Wildman–Crippen LogP) is 0.0974. The molecule has 3 rings (SSSR count). The summed E-state index contributed by atoms with van der Waals surface area (Å²) < 4.78 is 26.5. The van der Waals surface area contributed by atoms with Gasteiger partial charge in [-0.1, -0.05) is 19.9 Å². The Balaban J connectivity index is 1.65. The van der Waals surface area contributed by atoms with Crippen LogP contribution >= 0.6 is 0 Å². The molecule has 0 radical (unpaired) electrons. The maximum atomic E-state index is 6.65. The third-order valence-electron chi connectivity index (χ3n) is 10.8. The lowest BCUT2D eigenvalue weighted by molar-refractivity contribution is -0.499. The van der Waals surface area contributed by atoms with E-state index in [1.165, 1.54) is 6.42 Å². The lowest BCUT2D eigenvalue weighted by Crippen LogP contribution is -2.52. The van der Waals surface area contributed by atoms with Crippen LogP contribution in [-0.4, -0.2) is 224 Å². The van der Waals surface area contributed by atoms with E-state index in [2.05, 4.69) is 54.7 Å². The van der Waals surface area contributed by atoms with Crippen LogP contribution in [0.5, 0.6) is 0 Å². The molecular formula is C38H80N10O4. The van der Waals surface area contributed by atoms with Crippen molar-refractivity contribution in [2.24, 2.45) is 23.1 Å². The van der Waals surface area contributed by atoms with E-state index in [-0.39, 0.29) is 0 Å². The molecule has 1 atom stereocenters. The Morgan fingerprint density at radius 2 is 0.923 bits per heavy atom. The van der Waals surface area contributed by atoms with Crippen LogP contribution < -0.4 is 17.2 Å². The maximum Gasteiger partial charge on any atom is 0.412 e. The highest BCUT2D eigenvalue weighted by Crippen LogP contribution is 2.20. The summed E-state index contributed by atoms with van der Waals surface area (Å²) in [6, 6.07) is 0. The zero-order valence-electron chi connectivity index (χ0n) is 33.5. The standard InChI is InChI=1S/C38H80N10O4/c1-4-6-7-37(3)8-13-42(12-5-2)29-33-49-38(50-34-30-46-23-17-43(14-9-39)18-24-46,51-35-31-47-25-19-44(15-10-40)20-26-47)52-36-32-48-27-21-45(16-11-41)22-28-48/h4,37H,1,5-36,39-41H2,2-3H3. The van der Waals surface area contributed by atoms with E-state index in [0.29, 0.717) is 52.0 Å². The van der Waals surface area contributed by atoms with Crippen molar-refractivity contribution in [1.82, 2.24) is 34.3 Å². The Morgan fingerprint density at radius 1 is 0.558 bits per heavy atom. The molecule has 0 aliphatic carbocycles. The van der Waals surface area contributed by atoms with E-state index >= 15 is 0 Å². The van der Waals surface area contributed by atoms with Crippen molar-refractivity contribution in [3.05, 3.63) is 12.7 Å². The van der Waals surface area contributed by atoms with Gasteiger partial charge in [-0.2, -0.15) is 0 Å². The zero-order chi connectivity index (χ0) is 37.3. The van der Waals surface area contributed by atoms with E-state index in [1.54, 1.807) is 0 Å². The summed E-state index contributed by atoms with van der Waals surface area (Å²) in [6.45, 7) is 32.8. The minimum absolute atomic E-state index is 0.464. The normalized spacial score (nSPS) is 20.3. The van der Waals surface area contributed by atoms with Gasteiger partial charge < -0.3 is 41.0 Å². The quantitative estimate of drug-likeness (QED) is 0.0679. The van der Waals surface area contributed by atoms with Crippen molar-refractivity contribution in [1.29, 1.82) is 0 Å². The predicted molar refractivity (Wildman–Crippen MR) is 212 cm³/mol. The van der Waals surface area contributed by atoms with Gasteiger partial charge in [0.1, 0.15) is 0 Å². The number of ether oxygens (including phenoxy) is 4. The molecule has 3 heterocycles. The van der Waals surface area contributed by atoms with Crippen LogP contribution in [0, 0.1) is 5.92 Å². The highest BCUT2D eigenvalue weighted by Gasteiger charge is 2.37. The fourth-order valence-corrected chi connectivity index (χ4v) is 7.31. The molecule has 0 amide bonds. The largest absolute Gasteiger partial charge is 0.412 e. The lowest BCUT2D eigenvalue weighted by atomic mass is 10.0. The molecule has 0 aromatic carbocycles. The van der Waals surface area contributed by atoms with Crippen LogP contribution in [-0.2, 0) is 18.9 Å². The van der Waals surface area contributed by atoms with Gasteiger partial charge in [-0.3, -0.25) is 29.4 Å². The second-order valence-corrected chi connectivity index (χ2v) is 14.9. The number of hydrogen-bond acceptors (Lipinski definition) is 14. The van der Waals surface area contributed by atoms with Gasteiger partial charge in [0, 0.05) is 144 Å². The molecule has 14 heteroatoms. The Hall–Kier alpha value is -0.820. The minimum Gasteiger partial charge on any atom is -0.329 e. The molecule has 0 saturated carbocycles. The first kappa shape index (κ1) is 45.6. The highest BCUT2D eigenvalue weighted by atomic mass is 17.0. The third-order valence-corrected chi connectivity index (χ3v) is 10.8. The second-order valence-electron chi connectivity index (χ2n) is 14.9. The summed E-state index contributed by atoms with van der Waals surface area (Å²) in [5.41, 5.74) is 17.4. The van der Waals surface area contributed by atoms with Crippen LogP contribution in [0.2, 0.25) is 0 Å². The summed E-state index contributed by atoms with van der Waals surface area (Å²) in [5.74, 6) is 0.666. The molecule has 0 bridgehead atoms. The Labute approximate surface area is 317 Å². The topological polar surface area (TPSA) is 138 Å². The highest BCUT2D eigenvalue weighted by molar-refractivity contribution is 4.75. The summed E-state index contributed by atoms with van der Waals surface area (Å²) in [4.78, 5) is 17.2. The van der Waals surface area contributed by atoms with Gasteiger partial charge in [0.15, 0.2) is 0 Å². The van der Waals surface area contributed by atoms with Crippen LogP contribution in [0.4, 0.5) is 0 Å². The maximum absolute atomic E-state index is 6.65. The van der Waals surface area contributed by atoms with Crippen molar-refractivity contribution in [2.45, 2.75) is 45.7 Å². The number of rotatable bonds is 30. The molecule has 3 fully saturated rings. The molecule has 0 spiro atoms. The van der Waals surface area contributed by atoms with Gasteiger partial charge in [0.2, 0.25) is 0 Å². The number of nitrogens with zero attached hydrogens (tertiary/aromatic N) is 7. The third kappa shape index (κ3) is 18.7. The van der Waals surface area contributed by atoms with Crippen LogP contribution in [0.25, 0.3) is 0 Å². The average molecular weight is 741 g/mol. The Bertz CT molecular complexity index is 792. The summed E-state index contributed by atoms with van der Waals surface area (Å²) in [6.07, 6.45) is 5.00. The average Bonchev–Trinajstić information content (AvgIpc) is 3.15. The van der Waals surface area contributed by atoms with Gasteiger partial charge in [-0.15, -0.1) is 6.58 Å². The van der Waals surface area contributed by atoms with Crippen molar-refractivity contribution < 1.29 is 18.9 Å². The van der Waals surface area contributed by atoms with E-state index in [4.69, 9.17) is 36.1 Å². The molecule has 52 heavy (non-hydrogen) atoms. The van der Waals surface area contributed by atoms with Crippen LogP contribution in [0.3, 0.4) is 0 Å². The Kier molecular flexibility index (Phi) is 24.3. The van der Waals surface area contributed by atoms with Crippen molar-refractivity contribution in [2.75, 3.05) is 184 Å². The number of hydrogen-bond donors (Lipinski definition) is 3. The lowest BCUT2D eigenvalue weighted by Gasteiger charge is -2.38. The number of nitrogens with two attached hydrogens (primary N) is 3. The van der Waals surface area contributed by atoms with Crippen molar-refractivity contribution >= 4 is 0 Å². The molecule has 1 unspecified atom stereocenters. The molecule has 0 aromatic heterocycles. The number of allylic oxidation sites excluding steroid dienone is 1. The molecule has 3 aliphatic heterocycles.